The number of hydrogen-bond acceptors (Lipinski definition) is 4. The van der Waals surface area contributed by atoms with Gasteiger partial charge in [-0.15, -0.1) is 0 Å². The van der Waals surface area contributed by atoms with Crippen molar-refractivity contribution in [2.45, 2.75) is 19.5 Å². The fourth-order valence-corrected chi connectivity index (χ4v) is 2.20. The summed E-state index contributed by atoms with van der Waals surface area (Å²) >= 11 is 6.10. The molecule has 6 heteroatoms. The molecule has 0 radical (unpaired) electrons. The lowest BCUT2D eigenvalue weighted by Crippen LogP contribution is -2.39. The van der Waals surface area contributed by atoms with Crippen LogP contribution in [-0.4, -0.2) is 15.3 Å². The molecule has 0 saturated heterocycles. The van der Waals surface area contributed by atoms with Gasteiger partial charge in [0.1, 0.15) is 5.66 Å². The highest BCUT2D eigenvalue weighted by atomic mass is 35.5. The second kappa shape index (κ2) is 3.13. The molecule has 0 atom stereocenters. The number of hydrogen-bond donors (Lipinski definition) is 3. The lowest BCUT2D eigenvalue weighted by molar-refractivity contribution is 0.617. The van der Waals surface area contributed by atoms with Gasteiger partial charge < -0.3 is 5.32 Å². The highest BCUT2D eigenvalue weighted by molar-refractivity contribution is 6.35. The number of nitrogens with one attached hydrogen (secondary N) is 3. The third-order valence-corrected chi connectivity index (χ3v) is 3.02. The van der Waals surface area contributed by atoms with Crippen LogP contribution in [0.4, 0.5) is 5.95 Å². The zero-order chi connectivity index (χ0) is 12.2. The molecule has 5 nitrogen and oxygen atoms in total. The van der Waals surface area contributed by atoms with Crippen molar-refractivity contribution < 1.29 is 0 Å². The van der Waals surface area contributed by atoms with E-state index in [2.05, 4.69) is 15.7 Å². The third-order valence-electron chi connectivity index (χ3n) is 2.71. The lowest BCUT2D eigenvalue weighted by Gasteiger charge is -2.17. The SMILES string of the molecule is CC1(C)Nc2nc3c(Cl)cccc3c(=N)n2N1. The van der Waals surface area contributed by atoms with Crippen molar-refractivity contribution >= 4 is 28.5 Å². The zero-order valence-electron chi connectivity index (χ0n) is 9.50. The highest BCUT2D eigenvalue weighted by Crippen LogP contribution is 2.24. The van der Waals surface area contributed by atoms with Crippen molar-refractivity contribution in [1.29, 1.82) is 5.41 Å². The first-order valence-corrected chi connectivity index (χ1v) is 5.68. The lowest BCUT2D eigenvalue weighted by atomic mass is 10.2. The molecule has 88 valence electrons. The summed E-state index contributed by atoms with van der Waals surface area (Å²) in [7, 11) is 0. The number of halogens is 1. The largest absolute Gasteiger partial charge is 0.331 e. The van der Waals surface area contributed by atoms with Crippen LogP contribution in [0, 0.1) is 5.41 Å². The molecule has 3 rings (SSSR count). The van der Waals surface area contributed by atoms with Gasteiger partial charge in [0.15, 0.2) is 5.49 Å². The van der Waals surface area contributed by atoms with E-state index in [-0.39, 0.29) is 5.66 Å². The summed E-state index contributed by atoms with van der Waals surface area (Å²) in [6.07, 6.45) is 0. The maximum atomic E-state index is 8.16. The Morgan fingerprint density at radius 1 is 1.41 bits per heavy atom. The first kappa shape index (κ1) is 10.4. The molecule has 2 heterocycles. The Kier molecular flexibility index (Phi) is 1.92. The van der Waals surface area contributed by atoms with E-state index >= 15 is 0 Å². The summed E-state index contributed by atoms with van der Waals surface area (Å²) < 4.78 is 1.64. The van der Waals surface area contributed by atoms with E-state index in [1.165, 1.54) is 0 Å². The van der Waals surface area contributed by atoms with Crippen LogP contribution in [0.2, 0.25) is 5.02 Å². The van der Waals surface area contributed by atoms with Crippen molar-refractivity contribution in [2.24, 2.45) is 0 Å². The number of para-hydroxylation sites is 1. The second-order valence-corrected chi connectivity index (χ2v) is 5.02. The first-order chi connectivity index (χ1) is 7.98. The van der Waals surface area contributed by atoms with Gasteiger partial charge in [-0.3, -0.25) is 10.8 Å². The summed E-state index contributed by atoms with van der Waals surface area (Å²) in [4.78, 5) is 4.45. The van der Waals surface area contributed by atoms with Gasteiger partial charge in [0.2, 0.25) is 5.95 Å². The molecular formula is C11H12ClN5. The van der Waals surface area contributed by atoms with Crippen LogP contribution in [0.1, 0.15) is 13.8 Å². The molecule has 1 aliphatic heterocycles. The number of anilines is 1. The summed E-state index contributed by atoms with van der Waals surface area (Å²) in [6.45, 7) is 3.96. The van der Waals surface area contributed by atoms with Gasteiger partial charge in [0.05, 0.1) is 10.5 Å². The molecule has 0 fully saturated rings. The van der Waals surface area contributed by atoms with Crippen molar-refractivity contribution in [3.8, 4) is 0 Å². The molecule has 2 aromatic rings. The van der Waals surface area contributed by atoms with E-state index in [4.69, 9.17) is 17.0 Å². The molecule has 0 bridgehead atoms. The van der Waals surface area contributed by atoms with Gasteiger partial charge in [-0.1, -0.05) is 17.7 Å². The normalized spacial score (nSPS) is 16.4. The van der Waals surface area contributed by atoms with E-state index in [0.29, 0.717) is 22.0 Å². The molecule has 1 aromatic heterocycles. The van der Waals surface area contributed by atoms with Gasteiger partial charge in [0.25, 0.3) is 0 Å². The number of benzene rings is 1. The molecule has 3 N–H and O–H groups in total. The standard InChI is InChI=1S/C11H12ClN5/c1-11(2)15-10-14-8-6(4-3-5-7(8)12)9(13)17(10)16-11/h3-5,13,16H,1-2H3,(H,14,15). The highest BCUT2D eigenvalue weighted by Gasteiger charge is 2.28. The fraction of sp³-hybridized carbons (Fsp3) is 0.273. The van der Waals surface area contributed by atoms with E-state index in [1.54, 1.807) is 10.7 Å². The fourth-order valence-electron chi connectivity index (χ4n) is 1.98. The number of nitrogens with zero attached hydrogens (tertiary/aromatic N) is 2. The molecule has 1 aliphatic rings. The van der Waals surface area contributed by atoms with E-state index in [0.717, 1.165) is 5.39 Å². The van der Waals surface area contributed by atoms with Crippen molar-refractivity contribution in [1.82, 2.24) is 9.66 Å². The molecule has 0 unspecified atom stereocenters. The second-order valence-electron chi connectivity index (χ2n) is 4.62. The van der Waals surface area contributed by atoms with Gasteiger partial charge in [-0.2, -0.15) is 0 Å². The minimum Gasteiger partial charge on any atom is -0.331 e. The number of aromatic nitrogens is 2. The maximum absolute atomic E-state index is 8.16. The Labute approximate surface area is 103 Å². The van der Waals surface area contributed by atoms with Gasteiger partial charge in [-0.05, 0) is 26.0 Å². The van der Waals surface area contributed by atoms with Crippen molar-refractivity contribution in [2.75, 3.05) is 10.7 Å². The number of fused-ring (bicyclic) bond motifs is 2. The third kappa shape index (κ3) is 1.46. The predicted octanol–water partition coefficient (Wildman–Crippen LogP) is 1.87. The van der Waals surface area contributed by atoms with Gasteiger partial charge in [-0.25, -0.2) is 9.66 Å². The van der Waals surface area contributed by atoms with Crippen LogP contribution in [-0.2, 0) is 0 Å². The zero-order valence-corrected chi connectivity index (χ0v) is 10.3. The van der Waals surface area contributed by atoms with Crippen LogP contribution < -0.4 is 16.2 Å². The summed E-state index contributed by atoms with van der Waals surface area (Å²) in [5.41, 5.74) is 3.85. The van der Waals surface area contributed by atoms with Crippen molar-refractivity contribution in [3.05, 3.63) is 28.7 Å². The monoisotopic (exact) mass is 249 g/mol. The Balaban J connectivity index is 2.39. The quantitative estimate of drug-likeness (QED) is 0.668. The van der Waals surface area contributed by atoms with Crippen LogP contribution in [0.25, 0.3) is 10.9 Å². The minimum atomic E-state index is -0.320. The predicted molar refractivity (Wildman–Crippen MR) is 67.7 cm³/mol. The Bertz CT molecular complexity index is 673. The van der Waals surface area contributed by atoms with Crippen LogP contribution in [0.3, 0.4) is 0 Å². The molecule has 0 amide bonds. The minimum absolute atomic E-state index is 0.320. The van der Waals surface area contributed by atoms with Crippen LogP contribution >= 0.6 is 11.6 Å². The maximum Gasteiger partial charge on any atom is 0.226 e. The summed E-state index contributed by atoms with van der Waals surface area (Å²) in [6, 6.07) is 5.45. The van der Waals surface area contributed by atoms with E-state index < -0.39 is 0 Å². The first-order valence-electron chi connectivity index (χ1n) is 5.30. The average Bonchev–Trinajstić information content (AvgIpc) is 2.55. The van der Waals surface area contributed by atoms with Crippen molar-refractivity contribution in [3.63, 3.8) is 0 Å². The van der Waals surface area contributed by atoms with Crippen LogP contribution in [0.15, 0.2) is 18.2 Å². The summed E-state index contributed by atoms with van der Waals surface area (Å²) in [5.74, 6) is 0.612. The van der Waals surface area contributed by atoms with Crippen LogP contribution in [0.5, 0.6) is 0 Å². The molecule has 0 spiro atoms. The smallest absolute Gasteiger partial charge is 0.226 e. The topological polar surface area (TPSA) is 65.7 Å². The molecule has 0 saturated carbocycles. The summed E-state index contributed by atoms with van der Waals surface area (Å²) in [5, 5.41) is 12.6. The Hall–Kier alpha value is -1.75. The van der Waals surface area contributed by atoms with E-state index in [1.807, 2.05) is 26.0 Å². The van der Waals surface area contributed by atoms with E-state index in [9.17, 15) is 0 Å². The Morgan fingerprint density at radius 2 is 2.18 bits per heavy atom. The number of rotatable bonds is 0. The molecule has 0 aliphatic carbocycles. The Morgan fingerprint density at radius 3 is 2.94 bits per heavy atom. The average molecular weight is 250 g/mol. The van der Waals surface area contributed by atoms with Gasteiger partial charge in [0, 0.05) is 5.39 Å². The van der Waals surface area contributed by atoms with Gasteiger partial charge >= 0.3 is 0 Å². The molecule has 17 heavy (non-hydrogen) atoms. The molecular weight excluding hydrogens is 238 g/mol. The molecule has 1 aromatic carbocycles.